The van der Waals surface area contributed by atoms with Gasteiger partial charge in [0.1, 0.15) is 0 Å². The number of rotatable bonds is 8. The fraction of sp³-hybridized carbons (Fsp3) is 0.929. The van der Waals surface area contributed by atoms with E-state index in [0.717, 1.165) is 5.75 Å². The SMILES string of the molecule is CCSC(C(C)C)C(NC(C)C)C(=O)C(C)C. The second-order valence-electron chi connectivity index (χ2n) is 5.52. The van der Waals surface area contributed by atoms with Gasteiger partial charge in [0.05, 0.1) is 6.04 Å². The molecule has 0 rings (SSSR count). The molecule has 0 aromatic heterocycles. The highest BCUT2D eigenvalue weighted by molar-refractivity contribution is 7.99. The van der Waals surface area contributed by atoms with Crippen molar-refractivity contribution < 1.29 is 4.79 Å². The molecule has 0 aliphatic rings. The molecule has 0 spiro atoms. The van der Waals surface area contributed by atoms with E-state index in [2.05, 4.69) is 39.9 Å². The van der Waals surface area contributed by atoms with Gasteiger partial charge in [-0.25, -0.2) is 0 Å². The predicted molar refractivity (Wildman–Crippen MR) is 78.7 cm³/mol. The van der Waals surface area contributed by atoms with Crippen LogP contribution in [0.1, 0.15) is 48.5 Å². The molecule has 0 amide bonds. The number of Topliss-reactive ketones (excluding diaryl/α,β-unsaturated/α-hetero) is 1. The van der Waals surface area contributed by atoms with E-state index in [1.807, 2.05) is 25.6 Å². The first-order valence-electron chi connectivity index (χ1n) is 6.72. The van der Waals surface area contributed by atoms with Crippen molar-refractivity contribution in [3.05, 3.63) is 0 Å². The van der Waals surface area contributed by atoms with Crippen LogP contribution in [-0.2, 0) is 4.79 Å². The van der Waals surface area contributed by atoms with Crippen LogP contribution in [0.3, 0.4) is 0 Å². The lowest BCUT2D eigenvalue weighted by molar-refractivity contribution is -0.124. The third kappa shape index (κ3) is 5.91. The van der Waals surface area contributed by atoms with Crippen LogP contribution in [0.2, 0.25) is 0 Å². The highest BCUT2D eigenvalue weighted by atomic mass is 32.2. The zero-order valence-electron chi connectivity index (χ0n) is 12.4. The highest BCUT2D eigenvalue weighted by Gasteiger charge is 2.31. The molecule has 2 nitrogen and oxygen atoms in total. The Kier molecular flexibility index (Phi) is 8.14. The molecule has 0 aliphatic heterocycles. The van der Waals surface area contributed by atoms with Crippen LogP contribution in [0.25, 0.3) is 0 Å². The Balaban J connectivity index is 4.91. The Bertz CT molecular complexity index is 226. The lowest BCUT2D eigenvalue weighted by Crippen LogP contribution is -2.51. The fourth-order valence-electron chi connectivity index (χ4n) is 1.92. The van der Waals surface area contributed by atoms with E-state index in [1.165, 1.54) is 0 Å². The first kappa shape index (κ1) is 17.0. The summed E-state index contributed by atoms with van der Waals surface area (Å²) < 4.78 is 0. The maximum atomic E-state index is 12.3. The predicted octanol–water partition coefficient (Wildman–Crippen LogP) is 3.36. The summed E-state index contributed by atoms with van der Waals surface area (Å²) >= 11 is 1.90. The number of hydrogen-bond acceptors (Lipinski definition) is 3. The lowest BCUT2D eigenvalue weighted by Gasteiger charge is -2.32. The topological polar surface area (TPSA) is 29.1 Å². The number of nitrogens with one attached hydrogen (secondary N) is 1. The third-order valence-corrected chi connectivity index (χ3v) is 4.27. The van der Waals surface area contributed by atoms with Gasteiger partial charge in [0.15, 0.2) is 5.78 Å². The van der Waals surface area contributed by atoms with Crippen molar-refractivity contribution in [2.24, 2.45) is 11.8 Å². The molecule has 102 valence electrons. The average molecular weight is 259 g/mol. The molecule has 17 heavy (non-hydrogen) atoms. The zero-order chi connectivity index (χ0) is 13.6. The average Bonchev–Trinajstić information content (AvgIpc) is 2.21. The molecule has 0 radical (unpaired) electrons. The van der Waals surface area contributed by atoms with Crippen molar-refractivity contribution in [3.8, 4) is 0 Å². The normalized spacial score (nSPS) is 15.6. The highest BCUT2D eigenvalue weighted by Crippen LogP contribution is 2.25. The van der Waals surface area contributed by atoms with E-state index in [9.17, 15) is 4.79 Å². The number of hydrogen-bond donors (Lipinski definition) is 1. The largest absolute Gasteiger partial charge is 0.304 e. The van der Waals surface area contributed by atoms with Crippen molar-refractivity contribution in [2.45, 2.75) is 65.8 Å². The molecule has 2 atom stereocenters. The van der Waals surface area contributed by atoms with Crippen LogP contribution in [0.15, 0.2) is 0 Å². The quantitative estimate of drug-likeness (QED) is 0.725. The summed E-state index contributed by atoms with van der Waals surface area (Å²) in [5.74, 6) is 2.02. The van der Waals surface area contributed by atoms with Gasteiger partial charge in [-0.2, -0.15) is 11.8 Å². The second kappa shape index (κ2) is 8.15. The Labute approximate surface area is 111 Å². The molecule has 0 bridgehead atoms. The molecule has 0 aliphatic carbocycles. The molecule has 0 aromatic rings. The van der Waals surface area contributed by atoms with Crippen LogP contribution in [-0.4, -0.2) is 28.9 Å². The first-order valence-corrected chi connectivity index (χ1v) is 7.77. The summed E-state index contributed by atoms with van der Waals surface area (Å²) in [5.41, 5.74) is 0. The molecule has 0 saturated heterocycles. The second-order valence-corrected chi connectivity index (χ2v) is 6.98. The van der Waals surface area contributed by atoms with Gasteiger partial charge < -0.3 is 5.32 Å². The monoisotopic (exact) mass is 259 g/mol. The Morgan fingerprint density at radius 1 is 1.12 bits per heavy atom. The van der Waals surface area contributed by atoms with Crippen molar-refractivity contribution in [1.29, 1.82) is 0 Å². The van der Waals surface area contributed by atoms with Crippen molar-refractivity contribution in [1.82, 2.24) is 5.32 Å². The molecule has 2 unspecified atom stereocenters. The number of thioether (sulfide) groups is 1. The smallest absolute Gasteiger partial charge is 0.153 e. The van der Waals surface area contributed by atoms with Gasteiger partial charge in [-0.1, -0.05) is 48.5 Å². The fourth-order valence-corrected chi connectivity index (χ4v) is 3.10. The number of carbonyl (C=O) groups excluding carboxylic acids is 1. The Morgan fingerprint density at radius 2 is 1.65 bits per heavy atom. The van der Waals surface area contributed by atoms with Crippen LogP contribution in [0, 0.1) is 11.8 Å². The molecule has 0 fully saturated rings. The van der Waals surface area contributed by atoms with Crippen LogP contribution in [0.5, 0.6) is 0 Å². The van der Waals surface area contributed by atoms with Crippen LogP contribution in [0.4, 0.5) is 0 Å². The molecule has 0 aromatic carbocycles. The molecule has 3 heteroatoms. The van der Waals surface area contributed by atoms with E-state index in [4.69, 9.17) is 0 Å². The van der Waals surface area contributed by atoms with Gasteiger partial charge >= 0.3 is 0 Å². The van der Waals surface area contributed by atoms with E-state index in [0.29, 0.717) is 23.0 Å². The standard InChI is InChI=1S/C14H29NOS/c1-8-17-14(10(4)5)12(15-11(6)7)13(16)9(2)3/h9-12,14-15H,8H2,1-7H3. The minimum absolute atomic E-state index is 0.0139. The van der Waals surface area contributed by atoms with Gasteiger partial charge in [0, 0.05) is 17.2 Å². The van der Waals surface area contributed by atoms with E-state index >= 15 is 0 Å². The maximum Gasteiger partial charge on any atom is 0.153 e. The van der Waals surface area contributed by atoms with Gasteiger partial charge in [0.25, 0.3) is 0 Å². The minimum Gasteiger partial charge on any atom is -0.304 e. The summed E-state index contributed by atoms with van der Waals surface area (Å²) in [5, 5.41) is 3.83. The lowest BCUT2D eigenvalue weighted by atomic mass is 9.93. The summed E-state index contributed by atoms with van der Waals surface area (Å²) in [4.78, 5) is 12.3. The van der Waals surface area contributed by atoms with Crippen LogP contribution >= 0.6 is 11.8 Å². The summed E-state index contributed by atoms with van der Waals surface area (Å²) in [6, 6.07) is 0.335. The summed E-state index contributed by atoms with van der Waals surface area (Å²) in [7, 11) is 0. The van der Waals surface area contributed by atoms with Gasteiger partial charge in [-0.15, -0.1) is 0 Å². The molecule has 0 saturated carbocycles. The van der Waals surface area contributed by atoms with E-state index < -0.39 is 0 Å². The van der Waals surface area contributed by atoms with Crippen LogP contribution < -0.4 is 5.32 Å². The maximum absolute atomic E-state index is 12.3. The summed E-state index contributed by atoms with van der Waals surface area (Å²) in [6.07, 6.45) is 0. The van der Waals surface area contributed by atoms with Gasteiger partial charge in [0.2, 0.25) is 0 Å². The van der Waals surface area contributed by atoms with Crippen molar-refractivity contribution in [3.63, 3.8) is 0 Å². The molecule has 0 heterocycles. The van der Waals surface area contributed by atoms with Gasteiger partial charge in [-0.05, 0) is 11.7 Å². The Morgan fingerprint density at radius 3 is 1.94 bits per heavy atom. The van der Waals surface area contributed by atoms with E-state index in [1.54, 1.807) is 0 Å². The van der Waals surface area contributed by atoms with Gasteiger partial charge in [-0.3, -0.25) is 4.79 Å². The Hall–Kier alpha value is -0.0200. The number of carbonyl (C=O) groups is 1. The molecular weight excluding hydrogens is 230 g/mol. The minimum atomic E-state index is -0.0139. The number of ketones is 1. The molecule has 1 N–H and O–H groups in total. The van der Waals surface area contributed by atoms with Crippen molar-refractivity contribution >= 4 is 17.5 Å². The first-order chi connectivity index (χ1) is 7.81. The third-order valence-electron chi connectivity index (χ3n) is 2.73. The molecular formula is C14H29NOS. The summed E-state index contributed by atoms with van der Waals surface area (Å²) in [6.45, 7) is 14.8. The van der Waals surface area contributed by atoms with Crippen molar-refractivity contribution in [2.75, 3.05) is 5.75 Å². The zero-order valence-corrected chi connectivity index (χ0v) is 13.2. The van der Waals surface area contributed by atoms with E-state index in [-0.39, 0.29) is 12.0 Å².